The van der Waals surface area contributed by atoms with E-state index in [0.29, 0.717) is 11.4 Å². The van der Waals surface area contributed by atoms with Gasteiger partial charge in [0.05, 0.1) is 11.4 Å². The van der Waals surface area contributed by atoms with Crippen LogP contribution in [-0.2, 0) is 6.42 Å². The number of ether oxygens (including phenoxy) is 1. The van der Waals surface area contributed by atoms with Crippen LogP contribution in [0.3, 0.4) is 0 Å². The highest BCUT2D eigenvalue weighted by Crippen LogP contribution is 2.21. The van der Waals surface area contributed by atoms with Crippen LogP contribution in [0.4, 0.5) is 16.0 Å². The molecule has 0 atom stereocenters. The normalized spacial score (nSPS) is 14.6. The van der Waals surface area contributed by atoms with Crippen LogP contribution in [0.2, 0.25) is 0 Å². The Morgan fingerprint density at radius 1 is 1.16 bits per heavy atom. The molecule has 4 rings (SSSR count). The molecule has 0 saturated carbocycles. The van der Waals surface area contributed by atoms with Gasteiger partial charge in [0.25, 0.3) is 5.56 Å². The Balaban J connectivity index is 1.36. The maximum Gasteiger partial charge on any atom is 0.258 e. The van der Waals surface area contributed by atoms with Crippen LogP contribution in [0.1, 0.15) is 31.7 Å². The van der Waals surface area contributed by atoms with Crippen molar-refractivity contribution < 1.29 is 9.13 Å². The lowest BCUT2D eigenvalue weighted by Gasteiger charge is -2.32. The Hall–Kier alpha value is -3.42. The fraction of sp³-hybridized carbons (Fsp3) is 0.348. The lowest BCUT2D eigenvalue weighted by Crippen LogP contribution is -2.39. The Morgan fingerprint density at radius 2 is 1.90 bits per heavy atom. The zero-order valence-electron chi connectivity index (χ0n) is 17.5. The van der Waals surface area contributed by atoms with Crippen molar-refractivity contribution in [1.82, 2.24) is 14.5 Å². The van der Waals surface area contributed by atoms with Gasteiger partial charge in [-0.05, 0) is 30.2 Å². The van der Waals surface area contributed by atoms with E-state index < -0.39 is 5.82 Å². The number of benzene rings is 1. The second-order valence-corrected chi connectivity index (χ2v) is 7.72. The van der Waals surface area contributed by atoms with Crippen LogP contribution in [0.15, 0.2) is 53.7 Å². The minimum Gasteiger partial charge on any atom is -0.490 e. The topological polar surface area (TPSA) is 86.3 Å². The van der Waals surface area contributed by atoms with Crippen LogP contribution in [-0.4, -0.2) is 33.7 Å². The Labute approximate surface area is 180 Å². The zero-order valence-corrected chi connectivity index (χ0v) is 17.5. The van der Waals surface area contributed by atoms with Crippen LogP contribution < -0.4 is 20.9 Å². The predicted octanol–water partition coefficient (Wildman–Crippen LogP) is 3.35. The molecule has 2 aromatic heterocycles. The molecular weight excluding hydrogens is 397 g/mol. The molecule has 7 nitrogen and oxygen atoms in total. The molecule has 1 aromatic carbocycles. The fourth-order valence-electron chi connectivity index (χ4n) is 3.71. The van der Waals surface area contributed by atoms with Gasteiger partial charge in [0.15, 0.2) is 0 Å². The quantitative estimate of drug-likeness (QED) is 0.612. The molecule has 31 heavy (non-hydrogen) atoms. The van der Waals surface area contributed by atoms with Crippen LogP contribution in [0.5, 0.6) is 5.75 Å². The Bertz CT molecular complexity index is 1090. The summed E-state index contributed by atoms with van der Waals surface area (Å²) < 4.78 is 21.1. The first-order valence-corrected chi connectivity index (χ1v) is 10.5. The van der Waals surface area contributed by atoms with Crippen molar-refractivity contribution in [3.05, 3.63) is 70.7 Å². The number of anilines is 2. The van der Waals surface area contributed by atoms with Gasteiger partial charge in [0.1, 0.15) is 17.7 Å². The van der Waals surface area contributed by atoms with Gasteiger partial charge in [-0.3, -0.25) is 9.36 Å². The van der Waals surface area contributed by atoms with Crippen molar-refractivity contribution in [3.63, 3.8) is 0 Å². The van der Waals surface area contributed by atoms with E-state index in [1.165, 1.54) is 22.8 Å². The maximum atomic E-state index is 13.7. The first kappa shape index (κ1) is 20.8. The summed E-state index contributed by atoms with van der Waals surface area (Å²) in [5, 5.41) is 0. The Kier molecular flexibility index (Phi) is 6.16. The summed E-state index contributed by atoms with van der Waals surface area (Å²) in [6.07, 6.45) is 9.09. The highest BCUT2D eigenvalue weighted by atomic mass is 19.1. The number of nitrogens with zero attached hydrogens (tertiary/aromatic N) is 4. The first-order chi connectivity index (χ1) is 15.0. The molecule has 1 saturated heterocycles. The minimum absolute atomic E-state index is 0.0137. The highest BCUT2D eigenvalue weighted by molar-refractivity contribution is 5.47. The number of pyridine rings is 1. The number of hydrogen-bond donors (Lipinski definition) is 1. The van der Waals surface area contributed by atoms with Crippen molar-refractivity contribution in [2.24, 2.45) is 0 Å². The molecule has 0 bridgehead atoms. The van der Waals surface area contributed by atoms with E-state index in [1.807, 2.05) is 12.4 Å². The number of aryl methyl sites for hydroxylation is 1. The van der Waals surface area contributed by atoms with Crippen molar-refractivity contribution in [2.45, 2.75) is 38.7 Å². The van der Waals surface area contributed by atoms with Crippen LogP contribution >= 0.6 is 0 Å². The molecule has 1 aliphatic rings. The van der Waals surface area contributed by atoms with E-state index in [2.05, 4.69) is 21.8 Å². The van der Waals surface area contributed by atoms with Gasteiger partial charge >= 0.3 is 0 Å². The highest BCUT2D eigenvalue weighted by Gasteiger charge is 2.22. The fourth-order valence-corrected chi connectivity index (χ4v) is 3.71. The first-order valence-electron chi connectivity index (χ1n) is 10.5. The van der Waals surface area contributed by atoms with E-state index in [4.69, 9.17) is 10.5 Å². The summed E-state index contributed by atoms with van der Waals surface area (Å²) in [5.41, 5.74) is 6.83. The molecular formula is C23H26FN5O2. The Morgan fingerprint density at radius 3 is 2.55 bits per heavy atom. The van der Waals surface area contributed by atoms with E-state index in [1.54, 1.807) is 18.3 Å². The second kappa shape index (κ2) is 9.16. The number of rotatable bonds is 6. The maximum absolute atomic E-state index is 13.7. The average Bonchev–Trinajstić information content (AvgIpc) is 2.77. The van der Waals surface area contributed by atoms with Crippen molar-refractivity contribution in [1.29, 1.82) is 0 Å². The summed E-state index contributed by atoms with van der Waals surface area (Å²) >= 11 is 0. The van der Waals surface area contributed by atoms with Crippen molar-refractivity contribution in [2.75, 3.05) is 23.7 Å². The number of nitrogens with two attached hydrogens (primary N) is 1. The smallest absolute Gasteiger partial charge is 0.258 e. The predicted molar refractivity (Wildman–Crippen MR) is 118 cm³/mol. The molecule has 0 aliphatic carbocycles. The summed E-state index contributed by atoms with van der Waals surface area (Å²) in [4.78, 5) is 23.6. The number of aromatic nitrogens is 3. The molecule has 2 N–H and O–H groups in total. The monoisotopic (exact) mass is 423 g/mol. The van der Waals surface area contributed by atoms with E-state index in [-0.39, 0.29) is 17.4 Å². The number of halogens is 1. The summed E-state index contributed by atoms with van der Waals surface area (Å²) in [6.45, 7) is 3.72. The number of nitrogen functional groups attached to an aromatic ring is 1. The summed E-state index contributed by atoms with van der Waals surface area (Å²) in [6, 6.07) is 7.43. The van der Waals surface area contributed by atoms with Crippen molar-refractivity contribution in [3.8, 4) is 11.4 Å². The van der Waals surface area contributed by atoms with Gasteiger partial charge in [-0.2, -0.15) is 0 Å². The van der Waals surface area contributed by atoms with E-state index in [9.17, 15) is 9.18 Å². The van der Waals surface area contributed by atoms with Gasteiger partial charge in [-0.1, -0.05) is 13.3 Å². The molecule has 162 valence electrons. The third kappa shape index (κ3) is 4.84. The SMILES string of the molecule is CCCc1cnc(N2CCC(Oc3ccn(-c4ccc(N)c(F)c4)c(=O)c3)CC2)nc1. The number of piperidine rings is 1. The van der Waals surface area contributed by atoms with Crippen LogP contribution in [0.25, 0.3) is 5.69 Å². The van der Waals surface area contributed by atoms with Gasteiger partial charge in [-0.15, -0.1) is 0 Å². The molecule has 8 heteroatoms. The molecule has 3 heterocycles. The molecule has 1 fully saturated rings. The second-order valence-electron chi connectivity index (χ2n) is 7.72. The molecule has 1 aliphatic heterocycles. The number of hydrogen-bond acceptors (Lipinski definition) is 6. The molecule has 0 spiro atoms. The molecule has 0 unspecified atom stereocenters. The summed E-state index contributed by atoms with van der Waals surface area (Å²) in [7, 11) is 0. The standard InChI is InChI=1S/C23H26FN5O2/c1-2-3-16-14-26-23(27-15-16)28-9-6-18(7-10-28)31-19-8-11-29(22(30)13-19)17-4-5-21(25)20(24)12-17/h4-5,8,11-15,18H,2-3,6-7,9-10,25H2,1H3. The van der Waals surface area contributed by atoms with Gasteiger partial charge in [-0.25, -0.2) is 14.4 Å². The third-order valence-electron chi connectivity index (χ3n) is 5.41. The third-order valence-corrected chi connectivity index (χ3v) is 5.41. The average molecular weight is 423 g/mol. The van der Waals surface area contributed by atoms with Gasteiger partial charge in [0.2, 0.25) is 5.95 Å². The molecule has 0 radical (unpaired) electrons. The minimum atomic E-state index is -0.555. The van der Waals surface area contributed by atoms with Gasteiger partial charge < -0.3 is 15.4 Å². The lowest BCUT2D eigenvalue weighted by atomic mass is 10.1. The van der Waals surface area contributed by atoms with Crippen LogP contribution in [0, 0.1) is 5.82 Å². The van der Waals surface area contributed by atoms with E-state index in [0.717, 1.165) is 50.3 Å². The zero-order chi connectivity index (χ0) is 21.8. The molecule has 3 aromatic rings. The lowest BCUT2D eigenvalue weighted by molar-refractivity contribution is 0.170. The van der Waals surface area contributed by atoms with Gasteiger partial charge in [0, 0.05) is 56.7 Å². The van der Waals surface area contributed by atoms with Crippen molar-refractivity contribution >= 4 is 11.6 Å². The van der Waals surface area contributed by atoms with E-state index >= 15 is 0 Å². The summed E-state index contributed by atoms with van der Waals surface area (Å²) in [5.74, 6) is 0.702. The molecule has 0 amide bonds. The largest absolute Gasteiger partial charge is 0.490 e.